The van der Waals surface area contributed by atoms with E-state index < -0.39 is 0 Å². The zero-order chi connectivity index (χ0) is 10.7. The van der Waals surface area contributed by atoms with Gasteiger partial charge < -0.3 is 10.1 Å². The standard InChI is InChI=1S/C13H18NO/c1-10(2)12-5-3-4-11(6-12)7-14-13-8-15-9-13/h3-6,13-14H,7-9H2,1-2H3. The summed E-state index contributed by atoms with van der Waals surface area (Å²) in [6, 6.07) is 9.25. The lowest BCUT2D eigenvalue weighted by molar-refractivity contribution is -0.00578. The molecule has 1 aliphatic heterocycles. The summed E-state index contributed by atoms with van der Waals surface area (Å²) in [4.78, 5) is 0. The van der Waals surface area contributed by atoms with E-state index in [-0.39, 0.29) is 0 Å². The largest absolute Gasteiger partial charge is 0.378 e. The van der Waals surface area contributed by atoms with Crippen LogP contribution in [0.4, 0.5) is 0 Å². The van der Waals surface area contributed by atoms with Gasteiger partial charge in [0.2, 0.25) is 0 Å². The maximum atomic E-state index is 5.12. The Balaban J connectivity index is 1.92. The molecule has 1 saturated heterocycles. The fraction of sp³-hybridized carbons (Fsp3) is 0.462. The van der Waals surface area contributed by atoms with Crippen LogP contribution in [0.3, 0.4) is 0 Å². The number of ether oxygens (including phenoxy) is 1. The van der Waals surface area contributed by atoms with Crippen LogP contribution in [0.2, 0.25) is 0 Å². The van der Waals surface area contributed by atoms with Crippen molar-refractivity contribution in [2.45, 2.75) is 26.4 Å². The van der Waals surface area contributed by atoms with Crippen molar-refractivity contribution in [3.8, 4) is 0 Å². The van der Waals surface area contributed by atoms with Crippen LogP contribution in [-0.4, -0.2) is 19.3 Å². The molecule has 1 aromatic carbocycles. The highest BCUT2D eigenvalue weighted by Gasteiger charge is 2.16. The molecule has 81 valence electrons. The van der Waals surface area contributed by atoms with E-state index in [1.54, 1.807) is 0 Å². The quantitative estimate of drug-likeness (QED) is 0.811. The molecular formula is C13H18NO. The van der Waals surface area contributed by atoms with Gasteiger partial charge >= 0.3 is 0 Å². The highest BCUT2D eigenvalue weighted by Crippen LogP contribution is 2.14. The predicted octanol–water partition coefficient (Wildman–Crippen LogP) is 2.14. The van der Waals surface area contributed by atoms with Gasteiger partial charge in [0.25, 0.3) is 0 Å². The molecular weight excluding hydrogens is 186 g/mol. The molecule has 1 N–H and O–H groups in total. The molecule has 15 heavy (non-hydrogen) atoms. The van der Waals surface area contributed by atoms with Gasteiger partial charge in [-0.05, 0) is 17.0 Å². The SMILES string of the molecule is C[C](C)c1cccc(CNC2COC2)c1. The maximum Gasteiger partial charge on any atom is 0.0643 e. The van der Waals surface area contributed by atoms with Crippen LogP contribution in [0, 0.1) is 5.92 Å². The number of benzene rings is 1. The van der Waals surface area contributed by atoms with Crippen LogP contribution in [-0.2, 0) is 11.3 Å². The Kier molecular flexibility index (Phi) is 3.39. The Hall–Kier alpha value is -0.860. The van der Waals surface area contributed by atoms with E-state index in [0.29, 0.717) is 6.04 Å². The van der Waals surface area contributed by atoms with Gasteiger partial charge in [-0.15, -0.1) is 0 Å². The first-order valence-electron chi connectivity index (χ1n) is 5.46. The first-order valence-corrected chi connectivity index (χ1v) is 5.46. The van der Waals surface area contributed by atoms with Gasteiger partial charge in [-0.1, -0.05) is 38.1 Å². The zero-order valence-electron chi connectivity index (χ0n) is 9.42. The molecule has 0 spiro atoms. The Bertz CT molecular complexity index is 318. The summed E-state index contributed by atoms with van der Waals surface area (Å²) in [6.07, 6.45) is 0. The molecule has 0 saturated carbocycles. The molecule has 0 unspecified atom stereocenters. The molecule has 0 aliphatic carbocycles. The van der Waals surface area contributed by atoms with Crippen molar-refractivity contribution in [2.24, 2.45) is 0 Å². The number of rotatable bonds is 4. The zero-order valence-corrected chi connectivity index (χ0v) is 9.42. The third-order valence-electron chi connectivity index (χ3n) is 2.74. The van der Waals surface area contributed by atoms with E-state index in [0.717, 1.165) is 19.8 Å². The summed E-state index contributed by atoms with van der Waals surface area (Å²) in [5.74, 6) is 1.36. The fourth-order valence-electron chi connectivity index (χ4n) is 1.61. The van der Waals surface area contributed by atoms with Crippen LogP contribution >= 0.6 is 0 Å². The van der Waals surface area contributed by atoms with E-state index in [9.17, 15) is 0 Å². The molecule has 1 fully saturated rings. The summed E-state index contributed by atoms with van der Waals surface area (Å²) in [7, 11) is 0. The lowest BCUT2D eigenvalue weighted by atomic mass is 10.0. The van der Waals surface area contributed by atoms with Crippen LogP contribution in [0.5, 0.6) is 0 Å². The summed E-state index contributed by atoms with van der Waals surface area (Å²) < 4.78 is 5.12. The van der Waals surface area contributed by atoms with Crippen LogP contribution in [0.25, 0.3) is 0 Å². The first kappa shape index (κ1) is 10.7. The third-order valence-corrected chi connectivity index (χ3v) is 2.74. The van der Waals surface area contributed by atoms with Crippen molar-refractivity contribution in [1.82, 2.24) is 5.32 Å². The van der Waals surface area contributed by atoms with Gasteiger partial charge in [-0.3, -0.25) is 0 Å². The van der Waals surface area contributed by atoms with Gasteiger partial charge in [0, 0.05) is 6.54 Å². The Morgan fingerprint density at radius 2 is 2.20 bits per heavy atom. The van der Waals surface area contributed by atoms with E-state index in [1.807, 2.05) is 0 Å². The van der Waals surface area contributed by atoms with Crippen molar-refractivity contribution < 1.29 is 4.74 Å². The van der Waals surface area contributed by atoms with Crippen molar-refractivity contribution >= 4 is 0 Å². The average molecular weight is 204 g/mol. The van der Waals surface area contributed by atoms with Crippen molar-refractivity contribution in [3.05, 3.63) is 41.3 Å². The minimum atomic E-state index is 0.556. The molecule has 1 heterocycles. The molecule has 1 aromatic rings. The average Bonchev–Trinajstić information content (AvgIpc) is 2.16. The van der Waals surface area contributed by atoms with E-state index in [4.69, 9.17) is 4.74 Å². The lowest BCUT2D eigenvalue weighted by Crippen LogP contribution is -2.45. The highest BCUT2D eigenvalue weighted by atomic mass is 16.5. The predicted molar refractivity (Wildman–Crippen MR) is 61.6 cm³/mol. The molecule has 2 nitrogen and oxygen atoms in total. The topological polar surface area (TPSA) is 21.3 Å². The second kappa shape index (κ2) is 4.77. The van der Waals surface area contributed by atoms with Gasteiger partial charge in [0.15, 0.2) is 0 Å². The van der Waals surface area contributed by atoms with Gasteiger partial charge in [0.05, 0.1) is 19.3 Å². The number of hydrogen-bond donors (Lipinski definition) is 1. The minimum absolute atomic E-state index is 0.556. The molecule has 2 heteroatoms. The molecule has 1 aliphatic rings. The highest BCUT2D eigenvalue weighted by molar-refractivity contribution is 5.32. The molecule has 0 atom stereocenters. The van der Waals surface area contributed by atoms with E-state index >= 15 is 0 Å². The van der Waals surface area contributed by atoms with E-state index in [2.05, 4.69) is 43.4 Å². The first-order chi connectivity index (χ1) is 7.25. The monoisotopic (exact) mass is 204 g/mol. The van der Waals surface area contributed by atoms with Crippen molar-refractivity contribution in [2.75, 3.05) is 13.2 Å². The van der Waals surface area contributed by atoms with Gasteiger partial charge in [-0.25, -0.2) is 0 Å². The second-order valence-corrected chi connectivity index (χ2v) is 4.32. The van der Waals surface area contributed by atoms with Crippen LogP contribution in [0.1, 0.15) is 25.0 Å². The normalized spacial score (nSPS) is 16.7. The molecule has 0 bridgehead atoms. The fourth-order valence-corrected chi connectivity index (χ4v) is 1.61. The number of hydrogen-bond acceptors (Lipinski definition) is 2. The molecule has 2 rings (SSSR count). The maximum absolute atomic E-state index is 5.12. The lowest BCUT2D eigenvalue weighted by Gasteiger charge is -2.27. The van der Waals surface area contributed by atoms with Crippen molar-refractivity contribution in [3.63, 3.8) is 0 Å². The van der Waals surface area contributed by atoms with Crippen molar-refractivity contribution in [1.29, 1.82) is 0 Å². The molecule has 1 radical (unpaired) electrons. The Morgan fingerprint density at radius 3 is 2.80 bits per heavy atom. The summed E-state index contributed by atoms with van der Waals surface area (Å²) in [6.45, 7) is 6.95. The summed E-state index contributed by atoms with van der Waals surface area (Å²) in [5.41, 5.74) is 2.68. The Morgan fingerprint density at radius 1 is 1.40 bits per heavy atom. The van der Waals surface area contributed by atoms with E-state index in [1.165, 1.54) is 17.0 Å². The second-order valence-electron chi connectivity index (χ2n) is 4.32. The smallest absolute Gasteiger partial charge is 0.0643 e. The number of nitrogens with one attached hydrogen (secondary N) is 1. The summed E-state index contributed by atoms with van der Waals surface area (Å²) >= 11 is 0. The van der Waals surface area contributed by atoms with Crippen LogP contribution in [0.15, 0.2) is 24.3 Å². The molecule has 0 amide bonds. The van der Waals surface area contributed by atoms with Crippen LogP contribution < -0.4 is 5.32 Å². The summed E-state index contributed by atoms with van der Waals surface area (Å²) in [5, 5.41) is 3.47. The Labute approximate surface area is 91.6 Å². The molecule has 0 aromatic heterocycles. The minimum Gasteiger partial charge on any atom is -0.378 e. The van der Waals surface area contributed by atoms with Gasteiger partial charge in [-0.2, -0.15) is 0 Å². The van der Waals surface area contributed by atoms with Gasteiger partial charge in [0.1, 0.15) is 0 Å². The third kappa shape index (κ3) is 2.80.